The molecule has 0 spiro atoms. The van der Waals surface area contributed by atoms with E-state index in [2.05, 4.69) is 0 Å². The Morgan fingerprint density at radius 1 is 0.917 bits per heavy atom. The van der Waals surface area contributed by atoms with Crippen molar-refractivity contribution in [2.45, 2.75) is 6.92 Å². The summed E-state index contributed by atoms with van der Waals surface area (Å²) in [7, 11) is 0. The van der Waals surface area contributed by atoms with E-state index >= 15 is 0 Å². The van der Waals surface area contributed by atoms with Crippen molar-refractivity contribution in [1.82, 2.24) is 0 Å². The van der Waals surface area contributed by atoms with Crippen LogP contribution in [0.3, 0.4) is 0 Å². The van der Waals surface area contributed by atoms with Gasteiger partial charge in [-0.1, -0.05) is 42.5 Å². The Morgan fingerprint density at radius 3 is 2.36 bits per heavy atom. The minimum absolute atomic E-state index is 0.00304. The van der Waals surface area contributed by atoms with Crippen LogP contribution in [0, 0.1) is 10.1 Å². The molecular weight excluding hydrogens is 456 g/mol. The zero-order valence-electron chi connectivity index (χ0n) is 19.3. The normalized spacial score (nSPS) is 14.2. The number of nitrogens with zero attached hydrogens (tertiary/aromatic N) is 2. The van der Waals surface area contributed by atoms with Gasteiger partial charge in [0.2, 0.25) is 0 Å². The number of ketones is 1. The van der Waals surface area contributed by atoms with Crippen molar-refractivity contribution >= 4 is 34.8 Å². The lowest BCUT2D eigenvalue weighted by molar-refractivity contribution is -0.384. The van der Waals surface area contributed by atoms with Crippen molar-refractivity contribution < 1.29 is 18.9 Å². The molecule has 0 N–H and O–H groups in total. The number of nitro benzene ring substituents is 1. The minimum atomic E-state index is -0.456. The highest BCUT2D eigenvalue weighted by Crippen LogP contribution is 2.36. The van der Waals surface area contributed by atoms with Gasteiger partial charge in [-0.2, -0.15) is 0 Å². The molecule has 1 aliphatic heterocycles. The molecule has 36 heavy (non-hydrogen) atoms. The molecule has 0 fully saturated rings. The zero-order valence-corrected chi connectivity index (χ0v) is 19.3. The molecule has 0 bridgehead atoms. The highest BCUT2D eigenvalue weighted by molar-refractivity contribution is 6.23. The molecular formula is C29H20N2O5. The Bertz CT molecular complexity index is 1550. The lowest BCUT2D eigenvalue weighted by Gasteiger charge is -2.21. The van der Waals surface area contributed by atoms with Crippen molar-refractivity contribution in [2.24, 2.45) is 0 Å². The first kappa shape index (κ1) is 22.7. The average Bonchev–Trinajstić information content (AvgIpc) is 3.49. The molecule has 7 nitrogen and oxygen atoms in total. The molecule has 1 amide bonds. The van der Waals surface area contributed by atoms with Gasteiger partial charge in [-0.25, -0.2) is 0 Å². The van der Waals surface area contributed by atoms with E-state index in [1.807, 2.05) is 30.3 Å². The molecule has 0 radical (unpaired) electrons. The summed E-state index contributed by atoms with van der Waals surface area (Å²) in [5.74, 6) is 0.664. The molecule has 0 saturated heterocycles. The molecule has 1 aliphatic rings. The van der Waals surface area contributed by atoms with Crippen LogP contribution in [0.1, 0.15) is 28.6 Å². The first-order chi connectivity index (χ1) is 17.4. The number of amides is 1. The number of benzene rings is 3. The summed E-state index contributed by atoms with van der Waals surface area (Å²) in [6, 6.07) is 26.1. The molecule has 4 aromatic rings. The van der Waals surface area contributed by atoms with Gasteiger partial charge in [-0.15, -0.1) is 0 Å². The smallest absolute Gasteiger partial charge is 0.269 e. The van der Waals surface area contributed by atoms with Gasteiger partial charge >= 0.3 is 0 Å². The highest BCUT2D eigenvalue weighted by Gasteiger charge is 2.31. The summed E-state index contributed by atoms with van der Waals surface area (Å²) < 4.78 is 5.92. The molecule has 0 aliphatic carbocycles. The van der Waals surface area contributed by atoms with Gasteiger partial charge in [0.05, 0.1) is 10.6 Å². The third-order valence-corrected chi connectivity index (χ3v) is 5.85. The van der Waals surface area contributed by atoms with Crippen LogP contribution >= 0.6 is 0 Å². The molecule has 3 aromatic carbocycles. The van der Waals surface area contributed by atoms with Crippen molar-refractivity contribution in [1.29, 1.82) is 0 Å². The van der Waals surface area contributed by atoms with E-state index in [1.54, 1.807) is 65.6 Å². The van der Waals surface area contributed by atoms with Crippen LogP contribution in [-0.2, 0) is 4.79 Å². The number of furan rings is 1. The standard InChI is InChI=1S/C29H20N2O5/c1-19(32)22-8-5-9-25(16-22)30-27(20-6-3-2-4-7-20)18-23(29(30)33)17-26-14-15-28(36-26)21-10-12-24(13-11-21)31(34)35/h2-18H,1H3/b23-17+. The molecule has 0 atom stereocenters. The van der Waals surface area contributed by atoms with E-state index in [0.29, 0.717) is 39.6 Å². The summed E-state index contributed by atoms with van der Waals surface area (Å²) in [6.45, 7) is 1.49. The number of Topliss-reactive ketones (excluding diaryl/α,β-unsaturated/α-hetero) is 1. The van der Waals surface area contributed by atoms with Crippen LogP contribution in [0.25, 0.3) is 23.1 Å². The van der Waals surface area contributed by atoms with E-state index in [0.717, 1.165) is 5.56 Å². The fourth-order valence-electron chi connectivity index (χ4n) is 4.04. The molecule has 7 heteroatoms. The predicted molar refractivity (Wildman–Crippen MR) is 137 cm³/mol. The SMILES string of the molecule is CC(=O)c1cccc(N2C(=O)/C(=C/c3ccc(-c4ccc([N+](=O)[O-])cc4)o3)C=C2c2ccccc2)c1. The van der Waals surface area contributed by atoms with Crippen LogP contribution < -0.4 is 4.90 Å². The van der Waals surface area contributed by atoms with E-state index in [1.165, 1.54) is 19.1 Å². The highest BCUT2D eigenvalue weighted by atomic mass is 16.6. The summed E-state index contributed by atoms with van der Waals surface area (Å²) in [4.78, 5) is 37.6. The van der Waals surface area contributed by atoms with Crippen molar-refractivity contribution in [2.75, 3.05) is 4.90 Å². The van der Waals surface area contributed by atoms with Crippen molar-refractivity contribution in [3.63, 3.8) is 0 Å². The number of hydrogen-bond donors (Lipinski definition) is 0. The molecule has 1 aromatic heterocycles. The maximum atomic E-state index is 13.6. The topological polar surface area (TPSA) is 93.7 Å². The molecule has 5 rings (SSSR count). The third kappa shape index (κ3) is 4.37. The largest absolute Gasteiger partial charge is 0.457 e. The van der Waals surface area contributed by atoms with E-state index in [-0.39, 0.29) is 17.4 Å². The predicted octanol–water partition coefficient (Wildman–Crippen LogP) is 6.53. The van der Waals surface area contributed by atoms with Crippen LogP contribution in [-0.4, -0.2) is 16.6 Å². The Labute approximate surface area is 206 Å². The number of carbonyl (C=O) groups excluding carboxylic acids is 2. The Kier molecular flexibility index (Phi) is 5.88. The Balaban J connectivity index is 1.52. The Morgan fingerprint density at radius 2 is 1.67 bits per heavy atom. The number of non-ortho nitro benzene ring substituents is 1. The van der Waals surface area contributed by atoms with E-state index in [9.17, 15) is 19.7 Å². The second-order valence-corrected chi connectivity index (χ2v) is 8.25. The van der Waals surface area contributed by atoms with Gasteiger partial charge in [0.1, 0.15) is 11.5 Å². The van der Waals surface area contributed by atoms with Crippen LogP contribution in [0.4, 0.5) is 11.4 Å². The first-order valence-corrected chi connectivity index (χ1v) is 11.2. The number of rotatable bonds is 6. The number of nitro groups is 1. The van der Waals surface area contributed by atoms with Gasteiger partial charge in [-0.05, 0) is 61.0 Å². The molecule has 0 saturated carbocycles. The van der Waals surface area contributed by atoms with Crippen LogP contribution in [0.5, 0.6) is 0 Å². The maximum Gasteiger partial charge on any atom is 0.269 e. The van der Waals surface area contributed by atoms with Crippen LogP contribution in [0.15, 0.2) is 107 Å². The van der Waals surface area contributed by atoms with Gasteiger partial charge < -0.3 is 4.42 Å². The van der Waals surface area contributed by atoms with E-state index < -0.39 is 4.92 Å². The number of carbonyl (C=O) groups is 2. The second-order valence-electron chi connectivity index (χ2n) is 8.25. The Hall–Kier alpha value is -5.04. The number of hydrogen-bond acceptors (Lipinski definition) is 5. The summed E-state index contributed by atoms with van der Waals surface area (Å²) in [6.07, 6.45) is 3.46. The van der Waals surface area contributed by atoms with Crippen molar-refractivity contribution in [3.8, 4) is 11.3 Å². The van der Waals surface area contributed by atoms with E-state index in [4.69, 9.17) is 4.42 Å². The minimum Gasteiger partial charge on any atom is -0.457 e. The van der Waals surface area contributed by atoms with Gasteiger partial charge in [-0.3, -0.25) is 24.6 Å². The van der Waals surface area contributed by atoms with Crippen molar-refractivity contribution in [3.05, 3.63) is 130 Å². The van der Waals surface area contributed by atoms with Crippen LogP contribution in [0.2, 0.25) is 0 Å². The van der Waals surface area contributed by atoms with Gasteiger partial charge in [0.15, 0.2) is 5.78 Å². The monoisotopic (exact) mass is 476 g/mol. The van der Waals surface area contributed by atoms with Gasteiger partial charge in [0.25, 0.3) is 11.6 Å². The maximum absolute atomic E-state index is 13.6. The van der Waals surface area contributed by atoms with Gasteiger partial charge in [0, 0.05) is 34.5 Å². The number of anilines is 1. The first-order valence-electron chi connectivity index (χ1n) is 11.2. The lowest BCUT2D eigenvalue weighted by atomic mass is 10.1. The summed E-state index contributed by atoms with van der Waals surface area (Å²) in [5.41, 5.74) is 3.76. The fraction of sp³-hybridized carbons (Fsp3) is 0.0345. The zero-order chi connectivity index (χ0) is 25.2. The second kappa shape index (κ2) is 9.31. The average molecular weight is 476 g/mol. The molecule has 176 valence electrons. The molecule has 2 heterocycles. The quantitative estimate of drug-likeness (QED) is 0.137. The fourth-order valence-corrected chi connectivity index (χ4v) is 4.04. The summed E-state index contributed by atoms with van der Waals surface area (Å²) in [5, 5.41) is 10.9. The molecule has 0 unspecified atom stereocenters. The summed E-state index contributed by atoms with van der Waals surface area (Å²) >= 11 is 0. The lowest BCUT2D eigenvalue weighted by Crippen LogP contribution is -2.25. The third-order valence-electron chi connectivity index (χ3n) is 5.85.